The number of alkyl carbamates (subject to hydrolysis) is 1. The third kappa shape index (κ3) is 12.8. The standard InChI is InChI=1S/C20H36N4O6.C14H22N6O4/c1-6-29-16(26)11-21-17(27)24-14-8-19(3,4)12-20(5,9-14)13-23-15(25)10-22-18(28)30-7-2;1-13(2)4-8(20-11(23)17-18-12(20)24)5-14(3,6-13)7-19-9(21)15-16-10(19)22/h14H,6-13H2,1-5H3,(H,22,28)(H,23,25)(H2,21,24,27);8H,4-7H2,1-3H3,(H,15,21)(H,16,22)(H,17,23)(H,18,24). The molecule has 0 aromatic carbocycles. The molecule has 2 aromatic rings. The van der Waals surface area contributed by atoms with Gasteiger partial charge in [-0.25, -0.2) is 58.3 Å². The maximum atomic E-state index is 12.2. The number of ether oxygens (including phenoxy) is 2. The zero-order valence-electron chi connectivity index (χ0n) is 32.6. The van der Waals surface area contributed by atoms with Crippen molar-refractivity contribution in [1.29, 1.82) is 0 Å². The minimum absolute atomic E-state index is 0.0417. The van der Waals surface area contributed by atoms with E-state index in [1.807, 2.05) is 6.92 Å². The first kappa shape index (κ1) is 43.4. The summed E-state index contributed by atoms with van der Waals surface area (Å²) in [4.78, 5) is 94.4. The zero-order chi connectivity index (χ0) is 40.5. The van der Waals surface area contributed by atoms with E-state index in [1.165, 1.54) is 4.57 Å². The molecular weight excluding hydrogens is 708 g/mol. The molecule has 4 unspecified atom stereocenters. The fourth-order valence-corrected chi connectivity index (χ4v) is 8.57. The van der Waals surface area contributed by atoms with Crippen LogP contribution >= 0.6 is 0 Å². The smallest absolute Gasteiger partial charge is 0.407 e. The molecule has 54 heavy (non-hydrogen) atoms. The average molecular weight is 767 g/mol. The lowest BCUT2D eigenvalue weighted by molar-refractivity contribution is -0.141. The molecular formula is C34H58N10O10. The average Bonchev–Trinajstić information content (AvgIpc) is 3.54. The number of nitrogens with zero attached hydrogens (tertiary/aromatic N) is 2. The Labute approximate surface area is 312 Å². The van der Waals surface area contributed by atoms with Crippen molar-refractivity contribution < 1.29 is 28.7 Å². The number of rotatable bonds is 12. The molecule has 2 aliphatic rings. The van der Waals surface area contributed by atoms with E-state index < -0.39 is 46.3 Å². The molecule has 2 fully saturated rings. The molecule has 0 saturated heterocycles. The first-order chi connectivity index (χ1) is 25.1. The van der Waals surface area contributed by atoms with Crippen LogP contribution in [0.4, 0.5) is 9.59 Å². The van der Waals surface area contributed by atoms with Crippen molar-refractivity contribution in [3.05, 3.63) is 41.9 Å². The normalized spacial score (nSPS) is 24.2. The molecule has 0 spiro atoms. The Morgan fingerprint density at radius 3 is 1.83 bits per heavy atom. The second-order valence-electron chi connectivity index (χ2n) is 16.6. The van der Waals surface area contributed by atoms with Gasteiger partial charge in [0.15, 0.2) is 0 Å². The number of amides is 4. The number of aromatic amines is 4. The number of hydrogen-bond donors (Lipinski definition) is 8. The van der Waals surface area contributed by atoms with Gasteiger partial charge < -0.3 is 30.7 Å². The van der Waals surface area contributed by atoms with Crippen LogP contribution in [-0.2, 0) is 25.6 Å². The van der Waals surface area contributed by atoms with E-state index in [0.29, 0.717) is 25.8 Å². The van der Waals surface area contributed by atoms with Crippen LogP contribution in [-0.4, -0.2) is 92.4 Å². The van der Waals surface area contributed by atoms with E-state index >= 15 is 0 Å². The highest BCUT2D eigenvalue weighted by Gasteiger charge is 2.44. The Morgan fingerprint density at radius 1 is 0.685 bits per heavy atom. The zero-order valence-corrected chi connectivity index (χ0v) is 32.6. The molecule has 8 N–H and O–H groups in total. The number of H-pyrrole nitrogens is 4. The quantitative estimate of drug-likeness (QED) is 0.141. The number of carbonyl (C=O) groups excluding carboxylic acids is 4. The van der Waals surface area contributed by atoms with Crippen LogP contribution < -0.4 is 44.0 Å². The van der Waals surface area contributed by atoms with E-state index in [4.69, 9.17) is 9.47 Å². The molecule has 2 saturated carbocycles. The molecule has 4 atom stereocenters. The van der Waals surface area contributed by atoms with Gasteiger partial charge in [0.2, 0.25) is 5.91 Å². The number of carbonyl (C=O) groups is 4. The number of hydrogen-bond acceptors (Lipinski definition) is 10. The summed E-state index contributed by atoms with van der Waals surface area (Å²) in [6.45, 7) is 16.6. The van der Waals surface area contributed by atoms with E-state index in [0.717, 1.165) is 23.8 Å². The summed E-state index contributed by atoms with van der Waals surface area (Å²) in [6.07, 6.45) is 3.66. The van der Waals surface area contributed by atoms with Gasteiger partial charge in [0.05, 0.1) is 19.8 Å². The Hall–Kier alpha value is -5.04. The van der Waals surface area contributed by atoms with Gasteiger partial charge in [0, 0.05) is 25.2 Å². The summed E-state index contributed by atoms with van der Waals surface area (Å²) >= 11 is 0. The Bertz CT molecular complexity index is 1790. The summed E-state index contributed by atoms with van der Waals surface area (Å²) in [7, 11) is 0. The molecule has 2 aliphatic carbocycles. The third-order valence-corrected chi connectivity index (χ3v) is 9.67. The van der Waals surface area contributed by atoms with E-state index in [1.54, 1.807) is 13.8 Å². The van der Waals surface area contributed by atoms with Crippen LogP contribution in [0.15, 0.2) is 19.2 Å². The Balaban J connectivity index is 0.000000296. The van der Waals surface area contributed by atoms with E-state index in [-0.39, 0.29) is 67.1 Å². The van der Waals surface area contributed by atoms with Crippen molar-refractivity contribution in [2.75, 3.05) is 32.8 Å². The number of aromatic nitrogens is 6. The van der Waals surface area contributed by atoms with Crippen LogP contribution in [0.2, 0.25) is 0 Å². The van der Waals surface area contributed by atoms with Crippen LogP contribution in [0.3, 0.4) is 0 Å². The van der Waals surface area contributed by atoms with Gasteiger partial charge in [-0.05, 0) is 74.0 Å². The fourth-order valence-electron chi connectivity index (χ4n) is 8.57. The molecule has 0 aliphatic heterocycles. The van der Waals surface area contributed by atoms with Crippen LogP contribution in [0.1, 0.15) is 100.0 Å². The maximum Gasteiger partial charge on any atom is 0.407 e. The minimum atomic E-state index is -0.629. The van der Waals surface area contributed by atoms with Gasteiger partial charge in [-0.1, -0.05) is 41.5 Å². The van der Waals surface area contributed by atoms with E-state index in [2.05, 4.69) is 76.3 Å². The van der Waals surface area contributed by atoms with Gasteiger partial charge in [-0.15, -0.1) is 0 Å². The first-order valence-electron chi connectivity index (χ1n) is 18.2. The molecule has 20 nitrogen and oxygen atoms in total. The largest absolute Gasteiger partial charge is 0.465 e. The Kier molecular flexibility index (Phi) is 14.3. The Morgan fingerprint density at radius 2 is 1.24 bits per heavy atom. The predicted molar refractivity (Wildman–Crippen MR) is 197 cm³/mol. The van der Waals surface area contributed by atoms with Crippen LogP contribution in [0.25, 0.3) is 0 Å². The van der Waals surface area contributed by atoms with E-state index in [9.17, 15) is 38.4 Å². The van der Waals surface area contributed by atoms with Crippen molar-refractivity contribution in [1.82, 2.24) is 50.8 Å². The number of esters is 1. The number of nitrogens with one attached hydrogen (secondary N) is 8. The highest BCUT2D eigenvalue weighted by molar-refractivity contribution is 5.82. The van der Waals surface area contributed by atoms with Crippen molar-refractivity contribution >= 4 is 24.0 Å². The molecule has 0 bridgehead atoms. The van der Waals surface area contributed by atoms with Crippen molar-refractivity contribution in [2.24, 2.45) is 21.7 Å². The topological polar surface area (TPSA) is 276 Å². The highest BCUT2D eigenvalue weighted by atomic mass is 16.5. The fraction of sp³-hybridized carbons (Fsp3) is 0.765. The third-order valence-electron chi connectivity index (χ3n) is 9.67. The minimum Gasteiger partial charge on any atom is -0.465 e. The number of urea groups is 1. The lowest BCUT2D eigenvalue weighted by Gasteiger charge is -2.46. The second-order valence-corrected chi connectivity index (χ2v) is 16.6. The molecule has 4 amide bonds. The summed E-state index contributed by atoms with van der Waals surface area (Å²) in [5, 5.41) is 19.9. The summed E-state index contributed by atoms with van der Waals surface area (Å²) in [5.41, 5.74) is -2.75. The van der Waals surface area contributed by atoms with Gasteiger partial charge in [-0.3, -0.25) is 9.59 Å². The molecule has 2 heterocycles. The molecule has 4 rings (SSSR count). The van der Waals surface area contributed by atoms with Gasteiger partial charge in [-0.2, -0.15) is 0 Å². The van der Waals surface area contributed by atoms with Crippen molar-refractivity contribution in [3.8, 4) is 0 Å². The monoisotopic (exact) mass is 766 g/mol. The maximum absolute atomic E-state index is 12.2. The van der Waals surface area contributed by atoms with Gasteiger partial charge in [0.1, 0.15) is 6.54 Å². The molecule has 20 heteroatoms. The van der Waals surface area contributed by atoms with Gasteiger partial charge in [0.25, 0.3) is 0 Å². The predicted octanol–water partition coefficient (Wildman–Crippen LogP) is 0.797. The molecule has 0 radical (unpaired) electrons. The highest BCUT2D eigenvalue weighted by Crippen LogP contribution is 2.50. The van der Waals surface area contributed by atoms with Gasteiger partial charge >= 0.3 is 40.9 Å². The van der Waals surface area contributed by atoms with Crippen LogP contribution in [0, 0.1) is 21.7 Å². The summed E-state index contributed by atoms with van der Waals surface area (Å²) in [5.74, 6) is -0.787. The first-order valence-corrected chi connectivity index (χ1v) is 18.2. The lowest BCUT2D eigenvalue weighted by Crippen LogP contribution is -2.53. The molecule has 2 aromatic heterocycles. The van der Waals surface area contributed by atoms with Crippen molar-refractivity contribution in [3.63, 3.8) is 0 Å². The summed E-state index contributed by atoms with van der Waals surface area (Å²) in [6, 6.07) is -0.818. The van der Waals surface area contributed by atoms with Crippen molar-refractivity contribution in [2.45, 2.75) is 113 Å². The second kappa shape index (κ2) is 17.9. The summed E-state index contributed by atoms with van der Waals surface area (Å²) < 4.78 is 11.8. The SMILES string of the molecule is CC1(C)CC(n2c(=O)[nH][nH]c2=O)CC(C)(Cn2c(=O)[nH][nH]c2=O)C1.CCOC(=O)CNC(=O)NC1CC(C)(C)CC(C)(CNC(=O)CNC(=O)OCC)C1. The molecule has 304 valence electrons. The lowest BCUT2D eigenvalue weighted by atomic mass is 9.62. The van der Waals surface area contributed by atoms with Crippen LogP contribution in [0.5, 0.6) is 0 Å².